The van der Waals surface area contributed by atoms with E-state index in [0.29, 0.717) is 11.8 Å². The molecule has 0 radical (unpaired) electrons. The van der Waals surface area contributed by atoms with Crippen molar-refractivity contribution in [3.63, 3.8) is 0 Å². The first kappa shape index (κ1) is 9.18. The number of hydrogen-bond acceptors (Lipinski definition) is 0. The molecule has 3 aliphatic carbocycles. The standard InChI is InChI=1S/C13H21F/c14-13-11-7-3-1-5-9(11)10-6-2-4-8-12(10)13/h9-13H,1-8H2. The highest BCUT2D eigenvalue weighted by molar-refractivity contribution is 4.99. The smallest absolute Gasteiger partial charge is 0.106 e. The van der Waals surface area contributed by atoms with E-state index < -0.39 is 6.17 Å². The van der Waals surface area contributed by atoms with Gasteiger partial charge in [0.25, 0.3) is 0 Å². The van der Waals surface area contributed by atoms with Gasteiger partial charge in [0.15, 0.2) is 0 Å². The summed E-state index contributed by atoms with van der Waals surface area (Å²) in [6.45, 7) is 0. The van der Waals surface area contributed by atoms with Gasteiger partial charge in [0.2, 0.25) is 0 Å². The van der Waals surface area contributed by atoms with Crippen molar-refractivity contribution in [3.05, 3.63) is 0 Å². The number of fused-ring (bicyclic) bond motifs is 3. The Morgan fingerprint density at radius 3 is 1.36 bits per heavy atom. The highest BCUT2D eigenvalue weighted by Gasteiger charge is 2.51. The van der Waals surface area contributed by atoms with E-state index in [1.807, 2.05) is 0 Å². The number of hydrogen-bond donors (Lipinski definition) is 0. The van der Waals surface area contributed by atoms with Crippen LogP contribution >= 0.6 is 0 Å². The number of rotatable bonds is 0. The molecule has 0 amide bonds. The quantitative estimate of drug-likeness (QED) is 0.550. The van der Waals surface area contributed by atoms with Gasteiger partial charge < -0.3 is 0 Å². The molecule has 4 atom stereocenters. The lowest BCUT2D eigenvalue weighted by molar-refractivity contribution is 0.155. The minimum Gasteiger partial charge on any atom is -0.247 e. The van der Waals surface area contributed by atoms with Crippen LogP contribution in [0.5, 0.6) is 0 Å². The van der Waals surface area contributed by atoms with Crippen molar-refractivity contribution in [2.45, 2.75) is 57.5 Å². The van der Waals surface area contributed by atoms with Gasteiger partial charge in [-0.05, 0) is 49.4 Å². The third-order valence-corrected chi connectivity index (χ3v) is 5.12. The summed E-state index contributed by atoms with van der Waals surface area (Å²) in [5, 5.41) is 0. The van der Waals surface area contributed by atoms with Crippen molar-refractivity contribution in [3.8, 4) is 0 Å². The van der Waals surface area contributed by atoms with E-state index in [1.54, 1.807) is 0 Å². The summed E-state index contributed by atoms with van der Waals surface area (Å²) in [7, 11) is 0. The summed E-state index contributed by atoms with van der Waals surface area (Å²) in [5.41, 5.74) is 0. The van der Waals surface area contributed by atoms with Gasteiger partial charge in [-0.15, -0.1) is 0 Å². The molecular weight excluding hydrogens is 175 g/mol. The summed E-state index contributed by atoms with van der Waals surface area (Å²) in [6.07, 6.45) is 9.97. The molecule has 0 bridgehead atoms. The van der Waals surface area contributed by atoms with Crippen LogP contribution in [0.1, 0.15) is 51.4 Å². The van der Waals surface area contributed by atoms with Crippen LogP contribution in [0.4, 0.5) is 4.39 Å². The summed E-state index contributed by atoms with van der Waals surface area (Å²) in [5.74, 6) is 2.50. The highest BCUT2D eigenvalue weighted by Crippen LogP contribution is 2.55. The Balaban J connectivity index is 1.83. The van der Waals surface area contributed by atoms with Gasteiger partial charge in [-0.25, -0.2) is 4.39 Å². The fraction of sp³-hybridized carbons (Fsp3) is 1.00. The summed E-state index contributed by atoms with van der Waals surface area (Å²) in [6, 6.07) is 0. The fourth-order valence-corrected chi connectivity index (χ4v) is 4.55. The third-order valence-electron chi connectivity index (χ3n) is 5.12. The zero-order valence-corrected chi connectivity index (χ0v) is 8.92. The van der Waals surface area contributed by atoms with Crippen LogP contribution in [-0.2, 0) is 0 Å². The van der Waals surface area contributed by atoms with Crippen molar-refractivity contribution in [2.75, 3.05) is 0 Å². The summed E-state index contributed by atoms with van der Waals surface area (Å²) < 4.78 is 14.2. The van der Waals surface area contributed by atoms with Crippen LogP contribution in [-0.4, -0.2) is 6.17 Å². The minimum absolute atomic E-state index is 0.425. The van der Waals surface area contributed by atoms with Crippen molar-refractivity contribution >= 4 is 0 Å². The number of alkyl halides is 1. The molecule has 0 N–H and O–H groups in total. The molecule has 0 aliphatic heterocycles. The lowest BCUT2D eigenvalue weighted by Crippen LogP contribution is -2.22. The van der Waals surface area contributed by atoms with E-state index in [1.165, 1.54) is 51.4 Å². The maximum atomic E-state index is 14.2. The Hall–Kier alpha value is -0.0700. The lowest BCUT2D eigenvalue weighted by atomic mass is 9.73. The molecular formula is C13H21F. The first-order valence-electron chi connectivity index (χ1n) is 6.52. The van der Waals surface area contributed by atoms with Crippen molar-refractivity contribution in [2.24, 2.45) is 23.7 Å². The molecule has 3 aliphatic rings. The SMILES string of the molecule is FC1C2CCCCC2C2CCCCC12. The zero-order valence-electron chi connectivity index (χ0n) is 8.92. The molecule has 0 aromatic heterocycles. The predicted octanol–water partition coefficient (Wildman–Crippen LogP) is 3.95. The van der Waals surface area contributed by atoms with Gasteiger partial charge in [0, 0.05) is 0 Å². The van der Waals surface area contributed by atoms with Crippen LogP contribution in [0.3, 0.4) is 0 Å². The molecule has 3 fully saturated rings. The van der Waals surface area contributed by atoms with E-state index in [4.69, 9.17) is 0 Å². The molecule has 0 spiro atoms. The van der Waals surface area contributed by atoms with Gasteiger partial charge in [-0.2, -0.15) is 0 Å². The molecule has 0 aromatic carbocycles. The van der Waals surface area contributed by atoms with E-state index >= 15 is 0 Å². The average Bonchev–Trinajstić information content (AvgIpc) is 2.55. The second kappa shape index (κ2) is 3.50. The Morgan fingerprint density at radius 1 is 0.571 bits per heavy atom. The molecule has 0 heterocycles. The van der Waals surface area contributed by atoms with Crippen molar-refractivity contribution in [1.82, 2.24) is 0 Å². The monoisotopic (exact) mass is 196 g/mol. The molecule has 14 heavy (non-hydrogen) atoms. The maximum Gasteiger partial charge on any atom is 0.106 e. The molecule has 0 aromatic rings. The topological polar surface area (TPSA) is 0 Å². The van der Waals surface area contributed by atoms with Crippen LogP contribution in [0.2, 0.25) is 0 Å². The summed E-state index contributed by atoms with van der Waals surface area (Å²) >= 11 is 0. The van der Waals surface area contributed by atoms with Gasteiger partial charge in [0.05, 0.1) is 0 Å². The Bertz CT molecular complexity index is 191. The van der Waals surface area contributed by atoms with E-state index in [2.05, 4.69) is 0 Å². The number of halogens is 1. The Kier molecular flexibility index (Phi) is 2.29. The normalized spacial score (nSPS) is 52.5. The minimum atomic E-state index is -0.425. The van der Waals surface area contributed by atoms with Crippen LogP contribution in [0.25, 0.3) is 0 Å². The van der Waals surface area contributed by atoms with E-state index in [9.17, 15) is 4.39 Å². The zero-order chi connectivity index (χ0) is 9.54. The molecule has 0 nitrogen and oxygen atoms in total. The molecule has 80 valence electrons. The third kappa shape index (κ3) is 1.24. The highest BCUT2D eigenvalue weighted by atomic mass is 19.1. The fourth-order valence-electron chi connectivity index (χ4n) is 4.55. The molecule has 3 rings (SSSR count). The molecule has 4 unspecified atom stereocenters. The van der Waals surface area contributed by atoms with Gasteiger partial charge in [0.1, 0.15) is 6.17 Å². The van der Waals surface area contributed by atoms with E-state index in [-0.39, 0.29) is 0 Å². The van der Waals surface area contributed by atoms with Crippen LogP contribution in [0.15, 0.2) is 0 Å². The molecule has 1 heteroatoms. The molecule has 0 saturated heterocycles. The Labute approximate surface area is 86.3 Å². The average molecular weight is 196 g/mol. The first-order chi connectivity index (χ1) is 6.88. The summed E-state index contributed by atoms with van der Waals surface area (Å²) in [4.78, 5) is 0. The Morgan fingerprint density at radius 2 is 0.929 bits per heavy atom. The van der Waals surface area contributed by atoms with Crippen LogP contribution < -0.4 is 0 Å². The molecule has 3 saturated carbocycles. The van der Waals surface area contributed by atoms with Crippen molar-refractivity contribution in [1.29, 1.82) is 0 Å². The second-order valence-corrected chi connectivity index (χ2v) is 5.67. The predicted molar refractivity (Wildman–Crippen MR) is 55.8 cm³/mol. The maximum absolute atomic E-state index is 14.2. The second-order valence-electron chi connectivity index (χ2n) is 5.67. The van der Waals surface area contributed by atoms with Gasteiger partial charge in [-0.1, -0.05) is 25.7 Å². The lowest BCUT2D eigenvalue weighted by Gasteiger charge is -2.31. The van der Waals surface area contributed by atoms with Crippen molar-refractivity contribution < 1.29 is 4.39 Å². The van der Waals surface area contributed by atoms with E-state index in [0.717, 1.165) is 11.8 Å². The van der Waals surface area contributed by atoms with Gasteiger partial charge in [-0.3, -0.25) is 0 Å². The largest absolute Gasteiger partial charge is 0.247 e. The van der Waals surface area contributed by atoms with Crippen LogP contribution in [0, 0.1) is 23.7 Å². The van der Waals surface area contributed by atoms with Gasteiger partial charge >= 0.3 is 0 Å². The first-order valence-corrected chi connectivity index (χ1v) is 6.52.